The predicted octanol–water partition coefficient (Wildman–Crippen LogP) is 8.76. The van der Waals surface area contributed by atoms with Crippen LogP contribution in [0.4, 0.5) is 0 Å². The number of rotatable bonds is 6. The van der Waals surface area contributed by atoms with Crippen LogP contribution in [0.25, 0.3) is 0 Å². The van der Waals surface area contributed by atoms with Crippen LogP contribution in [0.2, 0.25) is 5.31 Å². The molecule has 0 nitrogen and oxygen atoms in total. The maximum atomic E-state index is 2.84. The number of allylic oxidation sites excluding steroid dienone is 2. The Kier molecular flexibility index (Phi) is 6.13. The van der Waals surface area contributed by atoms with Crippen LogP contribution < -0.4 is 0 Å². The molecular weight excluding hydrogens is 371 g/mol. The summed E-state index contributed by atoms with van der Waals surface area (Å²) in [7, 11) is 2.66. The van der Waals surface area contributed by atoms with Gasteiger partial charge in [-0.05, 0) is 103 Å². The lowest BCUT2D eigenvalue weighted by Gasteiger charge is -2.66. The van der Waals surface area contributed by atoms with Crippen molar-refractivity contribution in [1.82, 2.24) is 0 Å². The Labute approximate surface area is 196 Å². The summed E-state index contributed by atoms with van der Waals surface area (Å²) in [6.45, 7) is 18.0. The lowest BCUT2D eigenvalue weighted by atomic mass is 9.34. The fourth-order valence-electron chi connectivity index (χ4n) is 9.98. The van der Waals surface area contributed by atoms with Gasteiger partial charge in [-0.1, -0.05) is 85.8 Å². The molecular formula is C30H53B. The number of fused-ring (bicyclic) bond motifs is 5. The maximum Gasteiger partial charge on any atom is 0.110 e. The highest BCUT2D eigenvalue weighted by atomic mass is 14.7. The fourth-order valence-corrected chi connectivity index (χ4v) is 9.98. The standard InChI is InChI=1S/C30H53B/c1-8-15-26(3,4)16-9-10-23-11-12-24-27(23,5)17-14-25-28(24,6)19-20-30(31)21-22(2)13-18-29(25,30)7/h14,22-24H,8-13,15-21,31H2,1-7H3. The highest BCUT2D eigenvalue weighted by Gasteiger charge is 2.64. The van der Waals surface area contributed by atoms with E-state index in [1.54, 1.807) is 0 Å². The average Bonchev–Trinajstić information content (AvgIpc) is 3.01. The van der Waals surface area contributed by atoms with E-state index in [1.165, 1.54) is 83.5 Å². The molecule has 0 heterocycles. The fraction of sp³-hybridized carbons (Fsp3) is 0.933. The monoisotopic (exact) mass is 424 g/mol. The van der Waals surface area contributed by atoms with Crippen molar-refractivity contribution >= 4 is 7.85 Å². The SMILES string of the molecule is BC12CCC3(C)C(=CCC4(C)C(CCCC(C)(C)CCC)CCC34)C1(C)CCC(C)C2. The molecule has 0 saturated heterocycles. The Balaban J connectivity index is 1.54. The van der Waals surface area contributed by atoms with Gasteiger partial charge in [-0.15, -0.1) is 0 Å². The quantitative estimate of drug-likeness (QED) is 0.295. The van der Waals surface area contributed by atoms with E-state index in [-0.39, 0.29) is 0 Å². The second kappa shape index (κ2) is 7.94. The molecule has 3 saturated carbocycles. The third-order valence-electron chi connectivity index (χ3n) is 12.1. The summed E-state index contributed by atoms with van der Waals surface area (Å²) < 4.78 is 0. The molecule has 0 aromatic rings. The van der Waals surface area contributed by atoms with Crippen LogP contribution in [0.15, 0.2) is 11.6 Å². The summed E-state index contributed by atoms with van der Waals surface area (Å²) in [4.78, 5) is 0. The predicted molar refractivity (Wildman–Crippen MR) is 139 cm³/mol. The van der Waals surface area contributed by atoms with E-state index < -0.39 is 0 Å². The molecule has 7 unspecified atom stereocenters. The first kappa shape index (κ1) is 23.9. The molecule has 7 atom stereocenters. The van der Waals surface area contributed by atoms with Crippen molar-refractivity contribution in [3.63, 3.8) is 0 Å². The van der Waals surface area contributed by atoms with E-state index in [2.05, 4.69) is 62.4 Å². The zero-order chi connectivity index (χ0) is 22.7. The lowest BCUT2D eigenvalue weighted by molar-refractivity contribution is -0.0236. The molecule has 1 heteroatoms. The van der Waals surface area contributed by atoms with E-state index in [9.17, 15) is 0 Å². The topological polar surface area (TPSA) is 0 Å². The molecule has 0 bridgehead atoms. The summed E-state index contributed by atoms with van der Waals surface area (Å²) in [5.41, 5.74) is 3.94. The molecule has 4 rings (SSSR count). The molecule has 31 heavy (non-hydrogen) atoms. The Bertz CT molecular complexity index is 705. The summed E-state index contributed by atoms with van der Waals surface area (Å²) in [6.07, 6.45) is 21.5. The lowest BCUT2D eigenvalue weighted by Crippen LogP contribution is -2.55. The van der Waals surface area contributed by atoms with Crippen LogP contribution >= 0.6 is 0 Å². The second-order valence-electron chi connectivity index (χ2n) is 14.6. The van der Waals surface area contributed by atoms with Gasteiger partial charge in [-0.2, -0.15) is 0 Å². The van der Waals surface area contributed by atoms with Crippen LogP contribution in [0, 0.1) is 39.4 Å². The third kappa shape index (κ3) is 3.71. The first-order valence-corrected chi connectivity index (χ1v) is 14.1. The van der Waals surface area contributed by atoms with Crippen LogP contribution in [0.1, 0.15) is 132 Å². The zero-order valence-electron chi connectivity index (χ0n) is 22.5. The van der Waals surface area contributed by atoms with Gasteiger partial charge in [0.1, 0.15) is 7.85 Å². The van der Waals surface area contributed by atoms with E-state index >= 15 is 0 Å². The Morgan fingerprint density at radius 2 is 1.77 bits per heavy atom. The van der Waals surface area contributed by atoms with Crippen molar-refractivity contribution in [3.05, 3.63) is 11.6 Å². The van der Waals surface area contributed by atoms with Crippen LogP contribution in [0.3, 0.4) is 0 Å². The molecule has 4 aliphatic carbocycles. The first-order chi connectivity index (χ1) is 14.4. The van der Waals surface area contributed by atoms with E-state index in [0.29, 0.717) is 27.0 Å². The minimum absolute atomic E-state index is 0.454. The van der Waals surface area contributed by atoms with Crippen LogP contribution in [-0.2, 0) is 0 Å². The minimum Gasteiger partial charge on any atom is -0.0837 e. The van der Waals surface area contributed by atoms with Crippen molar-refractivity contribution in [2.45, 2.75) is 137 Å². The van der Waals surface area contributed by atoms with Gasteiger partial charge in [-0.25, -0.2) is 0 Å². The highest BCUT2D eigenvalue weighted by molar-refractivity contribution is 6.16. The van der Waals surface area contributed by atoms with Gasteiger partial charge in [0.2, 0.25) is 0 Å². The van der Waals surface area contributed by atoms with Crippen molar-refractivity contribution in [2.24, 2.45) is 39.4 Å². The summed E-state index contributed by atoms with van der Waals surface area (Å²) in [6, 6.07) is 0. The summed E-state index contributed by atoms with van der Waals surface area (Å²) in [5.74, 6) is 2.80. The molecule has 0 aliphatic heterocycles. The van der Waals surface area contributed by atoms with Crippen molar-refractivity contribution in [3.8, 4) is 0 Å². The van der Waals surface area contributed by atoms with Gasteiger partial charge in [-0.3, -0.25) is 0 Å². The minimum atomic E-state index is 0.454. The summed E-state index contributed by atoms with van der Waals surface area (Å²) >= 11 is 0. The molecule has 0 aromatic carbocycles. The van der Waals surface area contributed by atoms with Gasteiger partial charge >= 0.3 is 0 Å². The van der Waals surface area contributed by atoms with Gasteiger partial charge in [0, 0.05) is 0 Å². The molecule has 4 aliphatic rings. The zero-order valence-corrected chi connectivity index (χ0v) is 22.5. The normalized spacial score (nSPS) is 47.3. The average molecular weight is 425 g/mol. The van der Waals surface area contributed by atoms with Crippen molar-refractivity contribution in [2.75, 3.05) is 0 Å². The van der Waals surface area contributed by atoms with Crippen molar-refractivity contribution < 1.29 is 0 Å². The van der Waals surface area contributed by atoms with Crippen LogP contribution in [-0.4, -0.2) is 7.85 Å². The van der Waals surface area contributed by atoms with Crippen LogP contribution in [0.5, 0.6) is 0 Å². The Morgan fingerprint density at radius 1 is 1.03 bits per heavy atom. The molecule has 0 spiro atoms. The summed E-state index contributed by atoms with van der Waals surface area (Å²) in [5, 5.41) is 0.534. The number of hydrogen-bond donors (Lipinski definition) is 0. The first-order valence-electron chi connectivity index (χ1n) is 14.1. The van der Waals surface area contributed by atoms with E-state index in [4.69, 9.17) is 0 Å². The van der Waals surface area contributed by atoms with Gasteiger partial charge in [0.25, 0.3) is 0 Å². The molecule has 0 aromatic heterocycles. The van der Waals surface area contributed by atoms with Gasteiger partial charge < -0.3 is 0 Å². The Hall–Kier alpha value is -0.195. The van der Waals surface area contributed by atoms with E-state index in [0.717, 1.165) is 17.8 Å². The van der Waals surface area contributed by atoms with Crippen molar-refractivity contribution in [1.29, 1.82) is 0 Å². The largest absolute Gasteiger partial charge is 0.110 e. The van der Waals surface area contributed by atoms with Gasteiger partial charge in [0.05, 0.1) is 0 Å². The molecule has 3 fully saturated rings. The second-order valence-corrected chi connectivity index (χ2v) is 14.6. The Morgan fingerprint density at radius 3 is 2.48 bits per heavy atom. The molecule has 0 amide bonds. The van der Waals surface area contributed by atoms with E-state index in [1.807, 2.05) is 5.57 Å². The molecule has 0 radical (unpaired) electrons. The van der Waals surface area contributed by atoms with Gasteiger partial charge in [0.15, 0.2) is 0 Å². The number of hydrogen-bond acceptors (Lipinski definition) is 0. The maximum absolute atomic E-state index is 2.84. The molecule has 176 valence electrons. The third-order valence-corrected chi connectivity index (χ3v) is 12.1. The smallest absolute Gasteiger partial charge is 0.0837 e. The highest BCUT2D eigenvalue weighted by Crippen LogP contribution is 2.75. The molecule has 0 N–H and O–H groups in total.